The molecule has 100 valence electrons. The Labute approximate surface area is 111 Å². The largest absolute Gasteiger partial charge is 0.743 e. The molecule has 2 N–H and O–H groups in total. The van der Waals surface area contributed by atoms with Crippen molar-refractivity contribution in [3.8, 4) is 0 Å². The van der Waals surface area contributed by atoms with Crippen LogP contribution in [-0.2, 0) is 10.0 Å². The van der Waals surface area contributed by atoms with E-state index in [1.54, 1.807) is 19.1 Å². The van der Waals surface area contributed by atoms with E-state index in [2.05, 4.69) is 4.98 Å². The Kier molecular flexibility index (Phi) is 3.41. The molecule has 0 bridgehead atoms. The Morgan fingerprint density at radius 1 is 1.16 bits per heavy atom. The van der Waals surface area contributed by atoms with Gasteiger partial charge >= 0.3 is 0 Å². The lowest BCUT2D eigenvalue weighted by molar-refractivity contribution is 0.595. The summed E-state index contributed by atoms with van der Waals surface area (Å²) < 4.78 is 24.1. The lowest BCUT2D eigenvalue weighted by atomic mass is 10.3. The number of hydrogen-bond donors (Lipinski definition) is 1. The number of benzene rings is 1. The van der Waals surface area contributed by atoms with Crippen molar-refractivity contribution >= 4 is 21.5 Å². The molecule has 7 heteroatoms. The molecule has 0 aliphatic carbocycles. The van der Waals surface area contributed by atoms with E-state index in [1.807, 2.05) is 0 Å². The molecule has 0 atom stereocenters. The fourth-order valence-electron chi connectivity index (χ4n) is 1.49. The maximum absolute atomic E-state index is 12.1. The number of aryl methyl sites for hydroxylation is 1. The Balaban J connectivity index is 2.42. The van der Waals surface area contributed by atoms with Gasteiger partial charge in [-0.1, -0.05) is 6.07 Å². The topological polar surface area (TPSA) is 99.3 Å². The van der Waals surface area contributed by atoms with Crippen molar-refractivity contribution in [1.29, 1.82) is 0 Å². The molecule has 0 radical (unpaired) electrons. The van der Waals surface area contributed by atoms with Gasteiger partial charge in [-0.2, -0.15) is 0 Å². The van der Waals surface area contributed by atoms with E-state index < -0.39 is 10.0 Å². The van der Waals surface area contributed by atoms with E-state index in [0.29, 0.717) is 11.4 Å². The van der Waals surface area contributed by atoms with Gasteiger partial charge in [0, 0.05) is 11.4 Å². The molecule has 0 amide bonds. The van der Waals surface area contributed by atoms with Crippen LogP contribution in [0, 0.1) is 12.1 Å². The zero-order valence-electron chi connectivity index (χ0n) is 10.1. The number of nitrogens with two attached hydrogens (primary N) is 1. The van der Waals surface area contributed by atoms with Crippen LogP contribution in [0.3, 0.4) is 0 Å². The second-order valence-corrected chi connectivity index (χ2v) is 5.69. The summed E-state index contributed by atoms with van der Waals surface area (Å²) in [6.07, 6.45) is 0. The minimum absolute atomic E-state index is 0.0917. The third-order valence-corrected chi connectivity index (χ3v) is 3.95. The maximum Gasteiger partial charge on any atom is 0.255 e. The highest BCUT2D eigenvalue weighted by molar-refractivity contribution is 7.92. The standard InChI is InChI=1S/C12H12N3O3S/c1-9-3-2-4-12(14-9)15(16)19(17,18)11-7-5-10(13)6-8-11/h2-8H,13H2,1H3/q-1. The van der Waals surface area contributed by atoms with Gasteiger partial charge in [-0.3, -0.25) is 0 Å². The van der Waals surface area contributed by atoms with Gasteiger partial charge in [0.2, 0.25) is 0 Å². The zero-order valence-corrected chi connectivity index (χ0v) is 11.0. The van der Waals surface area contributed by atoms with E-state index in [-0.39, 0.29) is 15.2 Å². The fraction of sp³-hybridized carbons (Fsp3) is 0.0833. The summed E-state index contributed by atoms with van der Waals surface area (Å²) in [5.41, 5.74) is 6.46. The molecule has 1 aromatic carbocycles. The van der Waals surface area contributed by atoms with E-state index >= 15 is 0 Å². The van der Waals surface area contributed by atoms with Crippen LogP contribution in [0.5, 0.6) is 0 Å². The fourth-order valence-corrected chi connectivity index (χ4v) is 2.51. The van der Waals surface area contributed by atoms with Gasteiger partial charge in [0.05, 0.1) is 4.90 Å². The molecule has 1 heterocycles. The average Bonchev–Trinajstić information content (AvgIpc) is 2.38. The van der Waals surface area contributed by atoms with E-state index in [4.69, 9.17) is 5.73 Å². The van der Waals surface area contributed by atoms with Gasteiger partial charge in [0.1, 0.15) is 5.82 Å². The van der Waals surface area contributed by atoms with Gasteiger partial charge in [0.25, 0.3) is 10.0 Å². The van der Waals surface area contributed by atoms with Crippen molar-refractivity contribution in [2.75, 3.05) is 10.2 Å². The van der Waals surface area contributed by atoms with Crippen LogP contribution >= 0.6 is 0 Å². The van der Waals surface area contributed by atoms with Crippen LogP contribution in [0.25, 0.3) is 0 Å². The first-order chi connectivity index (χ1) is 8.91. The van der Waals surface area contributed by atoms with Crippen LogP contribution < -0.4 is 10.2 Å². The van der Waals surface area contributed by atoms with Gasteiger partial charge in [0.15, 0.2) is 0 Å². The summed E-state index contributed by atoms with van der Waals surface area (Å²) in [5.74, 6) is -0.170. The molecular weight excluding hydrogens is 266 g/mol. The first-order valence-electron chi connectivity index (χ1n) is 5.43. The summed E-state index contributed by atoms with van der Waals surface area (Å²) in [4.78, 5) is 3.77. The van der Waals surface area contributed by atoms with Crippen molar-refractivity contribution in [2.45, 2.75) is 11.8 Å². The van der Waals surface area contributed by atoms with Crippen molar-refractivity contribution in [1.82, 2.24) is 4.98 Å². The monoisotopic (exact) mass is 278 g/mol. The van der Waals surface area contributed by atoms with E-state index in [1.165, 1.54) is 30.3 Å². The number of rotatable bonds is 3. The molecule has 2 aromatic rings. The second-order valence-electron chi connectivity index (χ2n) is 3.94. The van der Waals surface area contributed by atoms with Gasteiger partial charge < -0.3 is 15.4 Å². The number of hydrogen-bond acceptors (Lipinski definition) is 5. The van der Waals surface area contributed by atoms with Crippen molar-refractivity contribution in [3.05, 3.63) is 53.4 Å². The molecule has 0 aliphatic rings. The lowest BCUT2D eigenvalue weighted by Gasteiger charge is -2.28. The summed E-state index contributed by atoms with van der Waals surface area (Å²) >= 11 is 0. The number of anilines is 2. The Morgan fingerprint density at radius 3 is 2.37 bits per heavy atom. The number of nitrogens with zero attached hydrogens (tertiary/aromatic N) is 2. The van der Waals surface area contributed by atoms with Crippen LogP contribution in [0.15, 0.2) is 47.4 Å². The molecule has 0 fully saturated rings. The normalized spacial score (nSPS) is 11.3. The van der Waals surface area contributed by atoms with Crippen LogP contribution in [0.2, 0.25) is 0 Å². The van der Waals surface area contributed by atoms with Gasteiger partial charge in [-0.25, -0.2) is 13.4 Å². The smallest absolute Gasteiger partial charge is 0.255 e. The van der Waals surface area contributed by atoms with Gasteiger partial charge in [-0.15, -0.1) is 0 Å². The van der Waals surface area contributed by atoms with E-state index in [0.717, 1.165) is 0 Å². The third-order valence-electron chi connectivity index (χ3n) is 2.46. The number of nitrogen functional groups attached to an aromatic ring is 1. The van der Waals surface area contributed by atoms with Crippen molar-refractivity contribution < 1.29 is 8.42 Å². The molecule has 0 spiro atoms. The summed E-state index contributed by atoms with van der Waals surface area (Å²) in [6, 6.07) is 9.99. The molecule has 0 unspecified atom stereocenters. The quantitative estimate of drug-likeness (QED) is 0.680. The van der Waals surface area contributed by atoms with E-state index in [9.17, 15) is 13.6 Å². The molecule has 0 saturated carbocycles. The SMILES string of the molecule is Cc1cccc(N([O-])S(=O)(=O)c2ccc(N)cc2)n1. The predicted molar refractivity (Wildman–Crippen MR) is 72.9 cm³/mol. The molecule has 1 aromatic heterocycles. The Morgan fingerprint density at radius 2 is 1.79 bits per heavy atom. The highest BCUT2D eigenvalue weighted by atomic mass is 32.2. The van der Waals surface area contributed by atoms with Crippen LogP contribution in [0.1, 0.15) is 5.69 Å². The summed E-state index contributed by atoms with van der Waals surface area (Å²) in [6.45, 7) is 1.67. The highest BCUT2D eigenvalue weighted by Gasteiger charge is 2.18. The molecule has 0 aliphatic heterocycles. The summed E-state index contributed by atoms with van der Waals surface area (Å²) in [7, 11) is -4.17. The molecule has 19 heavy (non-hydrogen) atoms. The number of pyridine rings is 1. The Bertz CT molecular complexity index is 684. The first kappa shape index (κ1) is 13.3. The lowest BCUT2D eigenvalue weighted by Crippen LogP contribution is -2.25. The van der Waals surface area contributed by atoms with Crippen LogP contribution in [0.4, 0.5) is 11.5 Å². The average molecular weight is 278 g/mol. The van der Waals surface area contributed by atoms with Crippen molar-refractivity contribution in [3.63, 3.8) is 0 Å². The minimum atomic E-state index is -4.17. The third kappa shape index (κ3) is 2.67. The van der Waals surface area contributed by atoms with Crippen molar-refractivity contribution in [2.24, 2.45) is 0 Å². The molecule has 2 rings (SSSR count). The maximum atomic E-state index is 12.1. The molecule has 0 saturated heterocycles. The van der Waals surface area contributed by atoms with Gasteiger partial charge in [-0.05, 0) is 43.3 Å². The number of aromatic nitrogens is 1. The molecule has 6 nitrogen and oxygen atoms in total. The van der Waals surface area contributed by atoms with Crippen LogP contribution in [-0.4, -0.2) is 13.4 Å². The zero-order chi connectivity index (χ0) is 14.0. The predicted octanol–water partition coefficient (Wildman–Crippen LogP) is 1.67. The minimum Gasteiger partial charge on any atom is -0.743 e. The summed E-state index contributed by atoms with van der Waals surface area (Å²) in [5, 5.41) is 11.9. The second kappa shape index (κ2) is 4.87. The first-order valence-corrected chi connectivity index (χ1v) is 6.87. The Hall–Kier alpha value is -2.12. The highest BCUT2D eigenvalue weighted by Crippen LogP contribution is 2.21. The number of sulfonamides is 1. The molecular formula is C12H12N3O3S-.